The molecule has 2 atom stereocenters. The van der Waals surface area contributed by atoms with Crippen LogP contribution in [-0.4, -0.2) is 5.16 Å². The van der Waals surface area contributed by atoms with Gasteiger partial charge in [0, 0.05) is 16.5 Å². The first-order chi connectivity index (χ1) is 10.8. The molecule has 0 amide bonds. The highest BCUT2D eigenvalue weighted by atomic mass is 31.2. The van der Waals surface area contributed by atoms with E-state index in [9.17, 15) is 4.57 Å². The predicted octanol–water partition coefficient (Wildman–Crippen LogP) is 4.61. The van der Waals surface area contributed by atoms with Crippen LogP contribution in [0, 0.1) is 11.3 Å². The largest absolute Gasteiger partial charge is 0.301 e. The van der Waals surface area contributed by atoms with Gasteiger partial charge >= 0.3 is 0 Å². The van der Waals surface area contributed by atoms with E-state index in [1.54, 1.807) is 12.1 Å². The second-order valence-electron chi connectivity index (χ2n) is 6.70. The first-order valence-electron chi connectivity index (χ1n) is 7.71. The molecule has 0 heterocycles. The Labute approximate surface area is 138 Å². The lowest BCUT2D eigenvalue weighted by Crippen LogP contribution is -2.34. The van der Waals surface area contributed by atoms with Crippen LogP contribution in [0.2, 0.25) is 0 Å². The van der Waals surface area contributed by atoms with Gasteiger partial charge in [-0.2, -0.15) is 5.26 Å². The lowest BCUT2D eigenvalue weighted by molar-refractivity contribution is 0.533. The zero-order valence-electron chi connectivity index (χ0n) is 14.1. The summed E-state index contributed by atoms with van der Waals surface area (Å²) in [5.74, 6) is 0. The molecule has 3 nitrogen and oxygen atoms in total. The minimum absolute atomic E-state index is 0.0759. The topological polar surface area (TPSA) is 52.9 Å². The van der Waals surface area contributed by atoms with Gasteiger partial charge in [-0.25, -0.2) is 0 Å². The van der Waals surface area contributed by atoms with Gasteiger partial charge in [-0.3, -0.25) is 5.09 Å². The van der Waals surface area contributed by atoms with Crippen LogP contribution in [0.15, 0.2) is 54.6 Å². The Morgan fingerprint density at radius 2 is 1.61 bits per heavy atom. The maximum atomic E-state index is 13.8. The van der Waals surface area contributed by atoms with Crippen molar-refractivity contribution in [1.82, 2.24) is 5.09 Å². The summed E-state index contributed by atoms with van der Waals surface area (Å²) in [6, 6.07) is 19.1. The van der Waals surface area contributed by atoms with Crippen molar-refractivity contribution in [3.05, 3.63) is 65.7 Å². The first-order valence-corrected chi connectivity index (χ1v) is 9.42. The molecule has 0 aromatic heterocycles. The maximum absolute atomic E-state index is 13.8. The van der Waals surface area contributed by atoms with Crippen LogP contribution in [0.25, 0.3) is 0 Å². The van der Waals surface area contributed by atoms with Crippen molar-refractivity contribution < 1.29 is 4.57 Å². The molecule has 120 valence electrons. The van der Waals surface area contributed by atoms with Crippen molar-refractivity contribution in [3.63, 3.8) is 0 Å². The molecule has 2 aromatic carbocycles. The SMILES string of the molecule is C[C@@H](N[P@](=O)(c1ccccc1)C(C)(C)C)c1ccc(C#N)cc1. The van der Waals surface area contributed by atoms with Gasteiger partial charge in [0.05, 0.1) is 11.6 Å². The number of benzene rings is 2. The Hall–Kier alpha value is -1.88. The molecule has 0 radical (unpaired) electrons. The molecule has 0 fully saturated rings. The summed E-state index contributed by atoms with van der Waals surface area (Å²) in [7, 11) is -2.81. The third kappa shape index (κ3) is 3.72. The van der Waals surface area contributed by atoms with E-state index in [2.05, 4.69) is 11.2 Å². The fourth-order valence-corrected chi connectivity index (χ4v) is 5.08. The van der Waals surface area contributed by atoms with Gasteiger partial charge in [-0.05, 0) is 24.6 Å². The van der Waals surface area contributed by atoms with Crippen LogP contribution in [-0.2, 0) is 4.57 Å². The van der Waals surface area contributed by atoms with Crippen LogP contribution < -0.4 is 10.4 Å². The molecule has 0 aliphatic carbocycles. The molecular formula is C19H23N2OP. The molecule has 23 heavy (non-hydrogen) atoms. The minimum atomic E-state index is -2.81. The molecule has 2 rings (SSSR count). The molecule has 0 unspecified atom stereocenters. The Morgan fingerprint density at radius 1 is 1.04 bits per heavy atom. The summed E-state index contributed by atoms with van der Waals surface area (Å²) in [6.45, 7) is 8.00. The van der Waals surface area contributed by atoms with Crippen molar-refractivity contribution >= 4 is 12.6 Å². The summed E-state index contributed by atoms with van der Waals surface area (Å²) in [6.07, 6.45) is 0. The van der Waals surface area contributed by atoms with E-state index in [1.165, 1.54) is 0 Å². The zero-order chi connectivity index (χ0) is 17.1. The Morgan fingerprint density at radius 3 is 2.09 bits per heavy atom. The lowest BCUT2D eigenvalue weighted by Gasteiger charge is -2.34. The smallest absolute Gasteiger partial charge is 0.181 e. The number of rotatable bonds is 4. The summed E-state index contributed by atoms with van der Waals surface area (Å²) >= 11 is 0. The van der Waals surface area contributed by atoms with E-state index in [4.69, 9.17) is 5.26 Å². The quantitative estimate of drug-likeness (QED) is 0.835. The lowest BCUT2D eigenvalue weighted by atomic mass is 10.1. The summed E-state index contributed by atoms with van der Waals surface area (Å²) in [5, 5.41) is 12.7. The van der Waals surface area contributed by atoms with Crippen LogP contribution in [0.5, 0.6) is 0 Å². The number of nitrogens with one attached hydrogen (secondary N) is 1. The Balaban J connectivity index is 2.35. The Bertz CT molecular complexity index is 740. The van der Waals surface area contributed by atoms with Crippen LogP contribution in [0.4, 0.5) is 0 Å². The van der Waals surface area contributed by atoms with Crippen molar-refractivity contribution in [2.45, 2.75) is 38.9 Å². The fourth-order valence-electron chi connectivity index (χ4n) is 2.49. The second kappa shape index (κ2) is 6.71. The van der Waals surface area contributed by atoms with Crippen molar-refractivity contribution in [2.24, 2.45) is 0 Å². The molecule has 0 aliphatic heterocycles. The van der Waals surface area contributed by atoms with E-state index in [0.29, 0.717) is 5.56 Å². The third-order valence-corrected chi connectivity index (χ3v) is 7.65. The van der Waals surface area contributed by atoms with Crippen LogP contribution in [0.3, 0.4) is 0 Å². The molecule has 4 heteroatoms. The van der Waals surface area contributed by atoms with Gasteiger partial charge in [0.1, 0.15) is 0 Å². The van der Waals surface area contributed by atoms with Gasteiger partial charge in [-0.15, -0.1) is 0 Å². The molecule has 0 saturated heterocycles. The van der Waals surface area contributed by atoms with E-state index in [-0.39, 0.29) is 6.04 Å². The highest BCUT2D eigenvalue weighted by Crippen LogP contribution is 2.54. The van der Waals surface area contributed by atoms with E-state index < -0.39 is 12.4 Å². The monoisotopic (exact) mass is 326 g/mol. The molecule has 0 spiro atoms. The van der Waals surface area contributed by atoms with Crippen LogP contribution >= 0.6 is 7.29 Å². The number of hydrogen-bond donors (Lipinski definition) is 1. The average Bonchev–Trinajstić information content (AvgIpc) is 2.54. The first kappa shape index (κ1) is 17.5. The molecule has 0 saturated carbocycles. The van der Waals surface area contributed by atoms with Gasteiger partial charge in [0.2, 0.25) is 0 Å². The second-order valence-corrected chi connectivity index (χ2v) is 10.0. The zero-order valence-corrected chi connectivity index (χ0v) is 15.0. The van der Waals surface area contributed by atoms with Crippen molar-refractivity contribution in [1.29, 1.82) is 5.26 Å². The molecule has 0 bridgehead atoms. The summed E-state index contributed by atoms with van der Waals surface area (Å²) in [5.41, 5.74) is 1.65. The molecule has 1 N–H and O–H groups in total. The van der Waals surface area contributed by atoms with Gasteiger partial charge in [0.25, 0.3) is 0 Å². The van der Waals surface area contributed by atoms with Crippen molar-refractivity contribution in [2.75, 3.05) is 0 Å². The van der Waals surface area contributed by atoms with Gasteiger partial charge in [0.15, 0.2) is 7.29 Å². The van der Waals surface area contributed by atoms with E-state index in [0.717, 1.165) is 10.9 Å². The number of nitriles is 1. The molecule has 0 aliphatic rings. The fraction of sp³-hybridized carbons (Fsp3) is 0.316. The summed E-state index contributed by atoms with van der Waals surface area (Å²) in [4.78, 5) is 0. The normalized spacial score (nSPS) is 15.4. The summed E-state index contributed by atoms with van der Waals surface area (Å²) < 4.78 is 13.8. The standard InChI is InChI=1S/C19H23N2OP/c1-15(17-12-10-16(14-20)11-13-17)21-23(22,19(2,3)4)18-8-6-5-7-9-18/h5-13,15H,1-4H3,(H,21,22)/t15-,23+/m1/s1. The molecule has 2 aromatic rings. The Kier molecular flexibility index (Phi) is 5.09. The number of nitrogens with zero attached hydrogens (tertiary/aromatic N) is 1. The third-order valence-electron chi connectivity index (χ3n) is 3.98. The molecular weight excluding hydrogens is 303 g/mol. The van der Waals surface area contributed by atoms with E-state index in [1.807, 2.05) is 70.2 Å². The minimum Gasteiger partial charge on any atom is -0.301 e. The average molecular weight is 326 g/mol. The highest BCUT2D eigenvalue weighted by molar-refractivity contribution is 7.71. The van der Waals surface area contributed by atoms with Gasteiger partial charge < -0.3 is 4.57 Å². The van der Waals surface area contributed by atoms with E-state index >= 15 is 0 Å². The predicted molar refractivity (Wildman–Crippen MR) is 96.1 cm³/mol. The maximum Gasteiger partial charge on any atom is 0.181 e. The van der Waals surface area contributed by atoms with Crippen LogP contribution in [0.1, 0.15) is 44.9 Å². The highest BCUT2D eigenvalue weighted by Gasteiger charge is 2.39. The van der Waals surface area contributed by atoms with Crippen molar-refractivity contribution in [3.8, 4) is 6.07 Å². The van der Waals surface area contributed by atoms with Gasteiger partial charge in [-0.1, -0.05) is 63.2 Å². The number of hydrogen-bond acceptors (Lipinski definition) is 2.